The molecule has 5 rings (SSSR count). The Morgan fingerprint density at radius 3 is 2.62 bits per heavy atom. The second-order valence-electron chi connectivity index (χ2n) is 13.7. The largest absolute Gasteiger partial charge is 0.444 e. The number of carbonyl (C=O) groups is 1. The molecule has 12 heteroatoms. The first-order chi connectivity index (χ1) is 20.2. The third kappa shape index (κ3) is 6.69. The van der Waals surface area contributed by atoms with Crippen molar-refractivity contribution in [2.45, 2.75) is 89.6 Å². The number of fused-ring (bicyclic) bond motifs is 1. The van der Waals surface area contributed by atoms with Gasteiger partial charge in [0.05, 0.1) is 29.9 Å². The van der Waals surface area contributed by atoms with Crippen LogP contribution in [0.1, 0.15) is 41.4 Å². The summed E-state index contributed by atoms with van der Waals surface area (Å²) in [6.45, 7) is 16.0. The van der Waals surface area contributed by atoms with Crippen LogP contribution in [0.25, 0.3) is 22.3 Å². The highest BCUT2D eigenvalue weighted by Crippen LogP contribution is 2.45. The van der Waals surface area contributed by atoms with Gasteiger partial charge in [-0.2, -0.15) is 10.4 Å². The first-order valence-corrected chi connectivity index (χ1v) is 18.5. The molecule has 2 aliphatic rings. The first-order valence-electron chi connectivity index (χ1n) is 15.3. The molecule has 1 amide bonds. The number of nitriles is 1. The van der Waals surface area contributed by atoms with Crippen LogP contribution in [0.3, 0.4) is 0 Å². The summed E-state index contributed by atoms with van der Waals surface area (Å²) in [5.41, 5.74) is 1.31. The molecule has 0 N–H and O–H groups in total. The van der Waals surface area contributed by atoms with Crippen LogP contribution in [0.2, 0.25) is 25.7 Å². The molecule has 0 unspecified atom stereocenters. The average Bonchev–Trinajstić information content (AvgIpc) is 3.57. The van der Waals surface area contributed by atoms with Crippen molar-refractivity contribution in [3.63, 3.8) is 0 Å². The maximum absolute atomic E-state index is 12.5. The van der Waals surface area contributed by atoms with Crippen molar-refractivity contribution >= 4 is 25.2 Å². The first kappa shape index (κ1) is 28.8. The standard InChI is InChI=1S/C30H44N8O3Si/c1-29(2,3)41-28(39)36-13-11-35(12-14-36)24-17-30(18-24,8-9-31)38-20-23(19-34-38)26-25-7-10-37(27(25)33-21-32-26)22-40-15-16-42(4,5)6/h7,10,19-21,24H,8,11-18,22H2,1-6H3/t24-,30+/i24D. The van der Waals surface area contributed by atoms with E-state index in [0.717, 1.165) is 34.9 Å². The summed E-state index contributed by atoms with van der Waals surface area (Å²) >= 11 is 0. The summed E-state index contributed by atoms with van der Waals surface area (Å²) in [7, 11) is -1.16. The lowest BCUT2D eigenvalue weighted by Crippen LogP contribution is -2.60. The normalized spacial score (nSPS) is 23.8. The smallest absolute Gasteiger partial charge is 0.410 e. The highest BCUT2D eigenvalue weighted by Gasteiger charge is 2.49. The molecule has 0 atom stereocenters. The number of carbonyl (C=O) groups excluding carboxylic acids is 1. The van der Waals surface area contributed by atoms with Gasteiger partial charge in [0, 0.05) is 71.6 Å². The molecule has 0 spiro atoms. The summed E-state index contributed by atoms with van der Waals surface area (Å²) in [5.74, 6) is 0. The monoisotopic (exact) mass is 593 g/mol. The molecule has 1 aliphatic heterocycles. The SMILES string of the molecule is [2H][C@]1(N2CCN(C(=O)OC(C)(C)C)CC2)C[C@@](CC#N)(n2cc(-c3ncnc4c3ccn4COCC[Si](C)(C)C)cn2)C1. The van der Waals surface area contributed by atoms with E-state index >= 15 is 0 Å². The van der Waals surface area contributed by atoms with Crippen molar-refractivity contribution in [1.29, 1.82) is 5.26 Å². The quantitative estimate of drug-likeness (QED) is 0.253. The van der Waals surface area contributed by atoms with Crippen molar-refractivity contribution in [2.75, 3.05) is 32.8 Å². The molecule has 1 aliphatic carbocycles. The van der Waals surface area contributed by atoms with Gasteiger partial charge in [-0.1, -0.05) is 19.6 Å². The Kier molecular flexibility index (Phi) is 8.09. The zero-order valence-electron chi connectivity index (χ0n) is 26.8. The Morgan fingerprint density at radius 2 is 1.95 bits per heavy atom. The van der Waals surface area contributed by atoms with E-state index in [-0.39, 0.29) is 12.5 Å². The lowest BCUT2D eigenvalue weighted by Gasteiger charge is -2.52. The topological polar surface area (TPSA) is 114 Å². The fourth-order valence-electron chi connectivity index (χ4n) is 5.56. The molecule has 0 radical (unpaired) electrons. The maximum Gasteiger partial charge on any atom is 0.410 e. The Bertz CT molecular complexity index is 1490. The van der Waals surface area contributed by atoms with Crippen molar-refractivity contribution in [1.82, 2.24) is 34.1 Å². The van der Waals surface area contributed by atoms with E-state index in [9.17, 15) is 11.4 Å². The number of hydrogen-bond donors (Lipinski definition) is 0. The lowest BCUT2D eigenvalue weighted by atomic mass is 9.70. The summed E-state index contributed by atoms with van der Waals surface area (Å²) in [5, 5.41) is 15.3. The van der Waals surface area contributed by atoms with E-state index in [1.165, 1.54) is 0 Å². The maximum atomic E-state index is 12.5. The van der Waals surface area contributed by atoms with Gasteiger partial charge in [-0.15, -0.1) is 0 Å². The zero-order valence-corrected chi connectivity index (χ0v) is 26.8. The molecule has 42 heavy (non-hydrogen) atoms. The summed E-state index contributed by atoms with van der Waals surface area (Å²) in [4.78, 5) is 25.4. The van der Waals surface area contributed by atoms with Gasteiger partial charge in [0.1, 0.15) is 24.3 Å². The minimum Gasteiger partial charge on any atom is -0.444 e. The highest BCUT2D eigenvalue weighted by molar-refractivity contribution is 6.76. The molecule has 3 aromatic heterocycles. The van der Waals surface area contributed by atoms with E-state index in [4.69, 9.17) is 9.47 Å². The van der Waals surface area contributed by atoms with E-state index in [2.05, 4.69) is 45.7 Å². The molecule has 226 valence electrons. The van der Waals surface area contributed by atoms with Crippen LogP contribution in [0, 0.1) is 11.3 Å². The highest BCUT2D eigenvalue weighted by atomic mass is 28.3. The molecule has 3 aromatic rings. The van der Waals surface area contributed by atoms with Crippen LogP contribution >= 0.6 is 0 Å². The predicted octanol–water partition coefficient (Wildman–Crippen LogP) is 4.93. The molecule has 11 nitrogen and oxygen atoms in total. The van der Waals surface area contributed by atoms with Crippen LogP contribution in [-0.4, -0.2) is 92.7 Å². The Morgan fingerprint density at radius 1 is 1.21 bits per heavy atom. The third-order valence-electron chi connectivity index (χ3n) is 7.98. The molecular weight excluding hydrogens is 548 g/mol. The predicted molar refractivity (Wildman–Crippen MR) is 163 cm³/mol. The van der Waals surface area contributed by atoms with Gasteiger partial charge in [0.2, 0.25) is 0 Å². The fraction of sp³-hybridized carbons (Fsp3) is 0.633. The van der Waals surface area contributed by atoms with Crippen molar-refractivity contribution in [2.24, 2.45) is 0 Å². The second kappa shape index (κ2) is 11.8. The molecular formula is C30H44N8O3Si. The van der Waals surface area contributed by atoms with E-state index in [1.54, 1.807) is 17.4 Å². The number of ether oxygens (including phenoxy) is 2. The molecule has 0 bridgehead atoms. The van der Waals surface area contributed by atoms with E-state index in [0.29, 0.717) is 45.8 Å². The fourth-order valence-corrected chi connectivity index (χ4v) is 6.32. The molecule has 1 saturated heterocycles. The van der Waals surface area contributed by atoms with Gasteiger partial charge in [0.15, 0.2) is 0 Å². The Labute approximate surface area is 250 Å². The number of hydrogen-bond acceptors (Lipinski definition) is 8. The number of piperazine rings is 1. The summed E-state index contributed by atoms with van der Waals surface area (Å²) in [6, 6.07) is 4.63. The van der Waals surface area contributed by atoms with Gasteiger partial charge in [-0.05, 0) is 45.7 Å². The van der Waals surface area contributed by atoms with Gasteiger partial charge in [0.25, 0.3) is 0 Å². The van der Waals surface area contributed by atoms with Crippen LogP contribution in [0.4, 0.5) is 4.79 Å². The van der Waals surface area contributed by atoms with E-state index < -0.39 is 25.2 Å². The molecule has 2 fully saturated rings. The van der Waals surface area contributed by atoms with Crippen LogP contribution < -0.4 is 0 Å². The Hall–Kier alpha value is -3.27. The van der Waals surface area contributed by atoms with Gasteiger partial charge in [-0.3, -0.25) is 9.58 Å². The number of nitrogens with zero attached hydrogens (tertiary/aromatic N) is 8. The number of amides is 1. The van der Waals surface area contributed by atoms with Crippen molar-refractivity contribution < 1.29 is 15.6 Å². The lowest BCUT2D eigenvalue weighted by molar-refractivity contribution is -0.0268. The molecule has 0 aromatic carbocycles. The van der Waals surface area contributed by atoms with E-state index in [1.807, 2.05) is 48.5 Å². The second-order valence-corrected chi connectivity index (χ2v) is 19.3. The number of aromatic nitrogens is 5. The van der Waals surface area contributed by atoms with Gasteiger partial charge >= 0.3 is 6.09 Å². The van der Waals surface area contributed by atoms with Crippen molar-refractivity contribution in [3.8, 4) is 17.3 Å². The van der Waals surface area contributed by atoms with Crippen LogP contribution in [-0.2, 0) is 21.7 Å². The third-order valence-corrected chi connectivity index (χ3v) is 9.68. The molecule has 4 heterocycles. The van der Waals surface area contributed by atoms with Gasteiger partial charge in [-0.25, -0.2) is 14.8 Å². The van der Waals surface area contributed by atoms with Crippen LogP contribution in [0.5, 0.6) is 0 Å². The van der Waals surface area contributed by atoms with Crippen LogP contribution in [0.15, 0.2) is 31.0 Å². The summed E-state index contributed by atoms with van der Waals surface area (Å²) < 4.78 is 24.6. The molecule has 1 saturated carbocycles. The zero-order chi connectivity index (χ0) is 31.0. The minimum atomic E-state index is -1.16. The number of rotatable bonds is 9. The minimum absolute atomic E-state index is 0.261. The average molecular weight is 594 g/mol. The van der Waals surface area contributed by atoms with Gasteiger partial charge < -0.3 is 18.9 Å². The van der Waals surface area contributed by atoms with Crippen molar-refractivity contribution in [3.05, 3.63) is 31.0 Å². The summed E-state index contributed by atoms with van der Waals surface area (Å²) in [6.07, 6.45) is 8.17. The Balaban J connectivity index is 1.26.